The monoisotopic (exact) mass is 438 g/mol. The number of benzene rings is 2. The van der Waals surface area contributed by atoms with Gasteiger partial charge in [0.15, 0.2) is 21.4 Å². The molecule has 0 saturated carbocycles. The quantitative estimate of drug-likeness (QED) is 0.546. The number of tetrazole rings is 1. The Kier molecular flexibility index (Phi) is 5.51. The SMILES string of the molecule is CCc1nnnn1-c1cc(C(=O)CC2(C)CCS(=O)(=O)C2)cc(-c2ccc(C)cc2)c1. The van der Waals surface area contributed by atoms with E-state index in [1.165, 1.54) is 0 Å². The number of rotatable bonds is 6. The van der Waals surface area contributed by atoms with Gasteiger partial charge in [-0.05, 0) is 58.5 Å². The molecule has 2 heterocycles. The molecule has 2 aromatic carbocycles. The van der Waals surface area contributed by atoms with Crippen molar-refractivity contribution < 1.29 is 13.2 Å². The molecule has 0 bridgehead atoms. The molecule has 0 spiro atoms. The lowest BCUT2D eigenvalue weighted by atomic mass is 9.83. The number of nitrogens with zero attached hydrogens (tertiary/aromatic N) is 4. The average molecular weight is 439 g/mol. The lowest BCUT2D eigenvalue weighted by Crippen LogP contribution is -2.22. The van der Waals surface area contributed by atoms with E-state index < -0.39 is 15.3 Å². The average Bonchev–Trinajstić information content (AvgIpc) is 3.31. The third-order valence-corrected chi connectivity index (χ3v) is 7.85. The fourth-order valence-corrected chi connectivity index (χ4v) is 6.40. The van der Waals surface area contributed by atoms with Gasteiger partial charge in [0.25, 0.3) is 0 Å². The molecule has 31 heavy (non-hydrogen) atoms. The predicted octanol–water partition coefficient (Wildman–Crippen LogP) is 3.60. The van der Waals surface area contributed by atoms with Gasteiger partial charge in [0.2, 0.25) is 0 Å². The van der Waals surface area contributed by atoms with Gasteiger partial charge < -0.3 is 0 Å². The standard InChI is InChI=1S/C23H26N4O3S/c1-4-22-24-25-26-27(22)20-12-18(17-7-5-16(2)6-8-17)11-19(13-20)21(28)14-23(3)9-10-31(29,30)15-23/h5-8,11-13H,4,9-10,14-15H2,1-3H3. The van der Waals surface area contributed by atoms with Gasteiger partial charge in [-0.2, -0.15) is 4.68 Å². The predicted molar refractivity (Wildman–Crippen MR) is 119 cm³/mol. The van der Waals surface area contributed by atoms with Gasteiger partial charge in [-0.25, -0.2) is 8.42 Å². The summed E-state index contributed by atoms with van der Waals surface area (Å²) >= 11 is 0. The van der Waals surface area contributed by atoms with E-state index in [1.54, 1.807) is 10.7 Å². The van der Waals surface area contributed by atoms with Gasteiger partial charge in [0.05, 0.1) is 17.2 Å². The van der Waals surface area contributed by atoms with E-state index in [9.17, 15) is 13.2 Å². The lowest BCUT2D eigenvalue weighted by molar-refractivity contribution is 0.0934. The second kappa shape index (κ2) is 8.00. The fraction of sp³-hybridized carbons (Fsp3) is 0.391. The van der Waals surface area contributed by atoms with Gasteiger partial charge in [-0.3, -0.25) is 4.79 Å². The van der Waals surface area contributed by atoms with Gasteiger partial charge >= 0.3 is 0 Å². The van der Waals surface area contributed by atoms with E-state index in [-0.39, 0.29) is 23.7 Å². The van der Waals surface area contributed by atoms with Crippen molar-refractivity contribution in [2.45, 2.75) is 40.0 Å². The maximum absolute atomic E-state index is 13.3. The topological polar surface area (TPSA) is 94.8 Å². The molecular formula is C23H26N4O3S. The summed E-state index contributed by atoms with van der Waals surface area (Å²) in [4.78, 5) is 13.3. The van der Waals surface area contributed by atoms with Gasteiger partial charge in [-0.1, -0.05) is 43.7 Å². The Bertz CT molecular complexity index is 1230. The molecule has 1 atom stereocenters. The summed E-state index contributed by atoms with van der Waals surface area (Å²) in [5.41, 5.74) is 3.76. The number of aromatic nitrogens is 4. The normalized spacial score (nSPS) is 20.1. The Labute approximate surface area is 182 Å². The first-order chi connectivity index (χ1) is 14.7. The van der Waals surface area contributed by atoms with Crippen molar-refractivity contribution in [2.75, 3.05) is 11.5 Å². The molecule has 0 radical (unpaired) electrons. The number of hydrogen-bond donors (Lipinski definition) is 0. The zero-order valence-corrected chi connectivity index (χ0v) is 18.8. The molecule has 1 saturated heterocycles. The molecule has 7 nitrogen and oxygen atoms in total. The zero-order chi connectivity index (χ0) is 22.2. The van der Waals surface area contributed by atoms with Crippen LogP contribution < -0.4 is 0 Å². The molecule has 0 amide bonds. The smallest absolute Gasteiger partial charge is 0.163 e. The van der Waals surface area contributed by atoms with Crippen LogP contribution in [0.3, 0.4) is 0 Å². The van der Waals surface area contributed by atoms with Crippen molar-refractivity contribution in [3.8, 4) is 16.8 Å². The van der Waals surface area contributed by atoms with Crippen LogP contribution in [0, 0.1) is 12.3 Å². The number of hydrogen-bond acceptors (Lipinski definition) is 6. The Morgan fingerprint density at radius 3 is 2.52 bits per heavy atom. The minimum absolute atomic E-state index is 0.0588. The first-order valence-electron chi connectivity index (χ1n) is 10.4. The summed E-state index contributed by atoms with van der Waals surface area (Å²) in [5, 5.41) is 11.9. The van der Waals surface area contributed by atoms with Crippen molar-refractivity contribution in [3.63, 3.8) is 0 Å². The Morgan fingerprint density at radius 2 is 1.87 bits per heavy atom. The summed E-state index contributed by atoms with van der Waals surface area (Å²) < 4.78 is 25.6. The van der Waals surface area contributed by atoms with Gasteiger partial charge in [0.1, 0.15) is 0 Å². The molecule has 1 unspecified atom stereocenters. The molecular weight excluding hydrogens is 412 g/mol. The number of carbonyl (C=O) groups is 1. The van der Waals surface area contributed by atoms with Crippen LogP contribution in [0.25, 0.3) is 16.8 Å². The second-order valence-corrected chi connectivity index (χ2v) is 10.9. The molecule has 0 N–H and O–H groups in total. The van der Waals surface area contributed by atoms with Crippen LogP contribution in [0.2, 0.25) is 0 Å². The van der Waals surface area contributed by atoms with Crippen molar-refractivity contribution in [2.24, 2.45) is 5.41 Å². The minimum atomic E-state index is -3.07. The van der Waals surface area contributed by atoms with Crippen LogP contribution in [0.15, 0.2) is 42.5 Å². The highest BCUT2D eigenvalue weighted by molar-refractivity contribution is 7.91. The number of ketones is 1. The highest BCUT2D eigenvalue weighted by Crippen LogP contribution is 2.37. The number of Topliss-reactive ketones (excluding diaryl/α,β-unsaturated/α-hetero) is 1. The van der Waals surface area contributed by atoms with Crippen molar-refractivity contribution >= 4 is 15.6 Å². The fourth-order valence-electron chi connectivity index (χ4n) is 4.14. The molecule has 1 aromatic heterocycles. The summed E-state index contributed by atoms with van der Waals surface area (Å²) in [7, 11) is -3.07. The molecule has 1 fully saturated rings. The van der Waals surface area contributed by atoms with Crippen LogP contribution in [-0.2, 0) is 16.3 Å². The van der Waals surface area contributed by atoms with Crippen molar-refractivity contribution in [1.29, 1.82) is 0 Å². The van der Waals surface area contributed by atoms with E-state index in [4.69, 9.17) is 0 Å². The third kappa shape index (κ3) is 4.58. The van der Waals surface area contributed by atoms with Crippen molar-refractivity contribution in [1.82, 2.24) is 20.2 Å². The van der Waals surface area contributed by atoms with E-state index in [2.05, 4.69) is 15.5 Å². The molecule has 162 valence electrons. The number of sulfone groups is 1. The molecule has 0 aliphatic carbocycles. The van der Waals surface area contributed by atoms with Crippen LogP contribution in [-0.4, -0.2) is 45.9 Å². The van der Waals surface area contributed by atoms with E-state index in [0.717, 1.165) is 16.7 Å². The third-order valence-electron chi connectivity index (χ3n) is 5.89. The van der Waals surface area contributed by atoms with E-state index in [1.807, 2.05) is 57.2 Å². The number of carbonyl (C=O) groups excluding carboxylic acids is 1. The van der Waals surface area contributed by atoms with Crippen LogP contribution in [0.5, 0.6) is 0 Å². The summed E-state index contributed by atoms with van der Waals surface area (Å²) in [6.45, 7) is 5.89. The van der Waals surface area contributed by atoms with Gasteiger partial charge in [-0.15, -0.1) is 5.10 Å². The van der Waals surface area contributed by atoms with Crippen molar-refractivity contribution in [3.05, 3.63) is 59.4 Å². The molecule has 4 rings (SSSR count). The maximum Gasteiger partial charge on any atom is 0.163 e. The Morgan fingerprint density at radius 1 is 1.13 bits per heavy atom. The van der Waals surface area contributed by atoms with Crippen LogP contribution in [0.4, 0.5) is 0 Å². The first-order valence-corrected chi connectivity index (χ1v) is 12.2. The Hall–Kier alpha value is -2.87. The second-order valence-electron chi connectivity index (χ2n) is 8.75. The first kappa shape index (κ1) is 21.4. The zero-order valence-electron chi connectivity index (χ0n) is 18.0. The van der Waals surface area contributed by atoms with Crippen LogP contribution >= 0.6 is 0 Å². The lowest BCUT2D eigenvalue weighted by Gasteiger charge is -2.21. The van der Waals surface area contributed by atoms with Crippen LogP contribution in [0.1, 0.15) is 48.4 Å². The highest BCUT2D eigenvalue weighted by atomic mass is 32.2. The maximum atomic E-state index is 13.3. The summed E-state index contributed by atoms with van der Waals surface area (Å²) in [6, 6.07) is 13.7. The highest BCUT2D eigenvalue weighted by Gasteiger charge is 2.40. The molecule has 3 aromatic rings. The van der Waals surface area contributed by atoms with E-state index in [0.29, 0.717) is 29.9 Å². The minimum Gasteiger partial charge on any atom is -0.294 e. The molecule has 8 heteroatoms. The largest absolute Gasteiger partial charge is 0.294 e. The Balaban J connectivity index is 1.76. The summed E-state index contributed by atoms with van der Waals surface area (Å²) in [6.07, 6.45) is 1.36. The van der Waals surface area contributed by atoms with Gasteiger partial charge in [0, 0.05) is 18.4 Å². The van der Waals surface area contributed by atoms with E-state index >= 15 is 0 Å². The molecule has 1 aliphatic heterocycles. The molecule has 1 aliphatic rings. The summed E-state index contributed by atoms with van der Waals surface area (Å²) in [5.74, 6) is 0.841. The number of aryl methyl sites for hydroxylation is 2.